The summed E-state index contributed by atoms with van der Waals surface area (Å²) in [7, 11) is 1.65. The van der Waals surface area contributed by atoms with E-state index in [1.165, 1.54) is 11.3 Å². The fraction of sp³-hybridized carbons (Fsp3) is 0.211. The van der Waals surface area contributed by atoms with E-state index in [4.69, 9.17) is 4.74 Å². The van der Waals surface area contributed by atoms with Crippen LogP contribution in [0.5, 0.6) is 5.75 Å². The highest BCUT2D eigenvalue weighted by molar-refractivity contribution is 7.09. The average Bonchev–Trinajstić information content (AvgIpc) is 3.03. The zero-order valence-corrected chi connectivity index (χ0v) is 15.2. The summed E-state index contributed by atoms with van der Waals surface area (Å²) in [4.78, 5) is 16.3. The first-order chi connectivity index (χ1) is 12.0. The Kier molecular flexibility index (Phi) is 5.09. The van der Waals surface area contributed by atoms with E-state index in [1.54, 1.807) is 7.11 Å². The molecule has 0 aliphatic carbocycles. The van der Waals surface area contributed by atoms with E-state index < -0.39 is 0 Å². The van der Waals surface area contributed by atoms with Gasteiger partial charge in [0.1, 0.15) is 5.75 Å². The lowest BCUT2D eigenvalue weighted by atomic mass is 10.0. The van der Waals surface area contributed by atoms with Gasteiger partial charge in [0.05, 0.1) is 29.9 Å². The highest BCUT2D eigenvalue weighted by Crippen LogP contribution is 2.22. The van der Waals surface area contributed by atoms with Crippen molar-refractivity contribution < 1.29 is 9.53 Å². The molecule has 25 heavy (non-hydrogen) atoms. The van der Waals surface area contributed by atoms with E-state index in [1.807, 2.05) is 55.6 Å². The Morgan fingerprint density at radius 2 is 2.00 bits per heavy atom. The van der Waals surface area contributed by atoms with E-state index >= 15 is 0 Å². The summed E-state index contributed by atoms with van der Waals surface area (Å²) >= 11 is 1.54. The molecule has 1 heterocycles. The van der Waals surface area contributed by atoms with Gasteiger partial charge < -0.3 is 4.74 Å². The minimum absolute atomic E-state index is 0.171. The summed E-state index contributed by atoms with van der Waals surface area (Å²) in [5, 5.41) is 9.24. The number of carbonyl (C=O) groups is 1. The summed E-state index contributed by atoms with van der Waals surface area (Å²) in [6.07, 6.45) is 0.235. The molecular weight excluding hydrogens is 334 g/mol. The SMILES string of the molecule is COc1ccc2cc(C(C)=NNC(=O)Cc3csc(C)n3)ccc2c1. The van der Waals surface area contributed by atoms with E-state index in [9.17, 15) is 4.79 Å². The van der Waals surface area contributed by atoms with Crippen LogP contribution in [0.4, 0.5) is 0 Å². The van der Waals surface area contributed by atoms with E-state index in [0.717, 1.165) is 38.5 Å². The molecule has 0 spiro atoms. The van der Waals surface area contributed by atoms with Crippen molar-refractivity contribution in [3.05, 3.63) is 58.0 Å². The van der Waals surface area contributed by atoms with Gasteiger partial charge in [-0.15, -0.1) is 11.3 Å². The molecule has 3 rings (SSSR count). The van der Waals surface area contributed by atoms with Crippen molar-refractivity contribution in [2.75, 3.05) is 7.11 Å². The molecule has 6 heteroatoms. The van der Waals surface area contributed by atoms with Gasteiger partial charge >= 0.3 is 0 Å². The van der Waals surface area contributed by atoms with Gasteiger partial charge in [-0.2, -0.15) is 5.10 Å². The topological polar surface area (TPSA) is 63.6 Å². The Labute approximate surface area is 150 Å². The smallest absolute Gasteiger partial charge is 0.246 e. The number of rotatable bonds is 5. The molecule has 0 saturated carbocycles. The van der Waals surface area contributed by atoms with Crippen LogP contribution >= 0.6 is 11.3 Å². The maximum atomic E-state index is 12.0. The Balaban J connectivity index is 1.71. The second-order valence-corrected chi connectivity index (χ2v) is 6.76. The summed E-state index contributed by atoms with van der Waals surface area (Å²) in [6.45, 7) is 3.79. The van der Waals surface area contributed by atoms with Crippen LogP contribution in [-0.2, 0) is 11.2 Å². The van der Waals surface area contributed by atoms with Crippen molar-refractivity contribution in [2.24, 2.45) is 5.10 Å². The first-order valence-corrected chi connectivity index (χ1v) is 8.75. The number of nitrogens with one attached hydrogen (secondary N) is 1. The number of hydrazone groups is 1. The number of aryl methyl sites for hydroxylation is 1. The summed E-state index contributed by atoms with van der Waals surface area (Å²) in [5.74, 6) is 0.658. The molecule has 3 aromatic rings. The highest BCUT2D eigenvalue weighted by atomic mass is 32.1. The summed E-state index contributed by atoms with van der Waals surface area (Å²) in [6, 6.07) is 12.0. The number of amides is 1. The lowest BCUT2D eigenvalue weighted by Gasteiger charge is -2.06. The first kappa shape index (κ1) is 17.1. The first-order valence-electron chi connectivity index (χ1n) is 7.87. The Hall–Kier alpha value is -2.73. The third-order valence-electron chi connectivity index (χ3n) is 3.82. The van der Waals surface area contributed by atoms with Gasteiger partial charge in [0.25, 0.3) is 0 Å². The largest absolute Gasteiger partial charge is 0.497 e. The molecule has 1 aromatic heterocycles. The molecule has 0 saturated heterocycles. The monoisotopic (exact) mass is 353 g/mol. The van der Waals surface area contributed by atoms with Crippen LogP contribution < -0.4 is 10.2 Å². The number of hydrogen-bond donors (Lipinski definition) is 1. The van der Waals surface area contributed by atoms with Crippen LogP contribution in [0.2, 0.25) is 0 Å². The van der Waals surface area contributed by atoms with Crippen LogP contribution in [0, 0.1) is 6.92 Å². The molecule has 128 valence electrons. The van der Waals surface area contributed by atoms with Crippen molar-refractivity contribution in [1.29, 1.82) is 0 Å². The molecule has 0 unspecified atom stereocenters. The number of aromatic nitrogens is 1. The van der Waals surface area contributed by atoms with E-state index in [0.29, 0.717) is 0 Å². The number of hydrogen-bond acceptors (Lipinski definition) is 5. The van der Waals surface area contributed by atoms with Crippen molar-refractivity contribution in [1.82, 2.24) is 10.4 Å². The van der Waals surface area contributed by atoms with Crippen molar-refractivity contribution >= 4 is 33.7 Å². The molecule has 1 N–H and O–H groups in total. The Morgan fingerprint density at radius 3 is 2.72 bits per heavy atom. The fourth-order valence-electron chi connectivity index (χ4n) is 2.48. The Morgan fingerprint density at radius 1 is 1.24 bits per heavy atom. The molecule has 0 bridgehead atoms. The van der Waals surface area contributed by atoms with E-state index in [-0.39, 0.29) is 12.3 Å². The fourth-order valence-corrected chi connectivity index (χ4v) is 3.09. The highest BCUT2D eigenvalue weighted by Gasteiger charge is 2.06. The number of thiazole rings is 1. The van der Waals surface area contributed by atoms with Crippen LogP contribution in [0.25, 0.3) is 10.8 Å². The van der Waals surface area contributed by atoms with Gasteiger partial charge in [-0.3, -0.25) is 4.79 Å². The summed E-state index contributed by atoms with van der Waals surface area (Å²) in [5.41, 5.74) is 5.08. The molecule has 0 atom stereocenters. The van der Waals surface area contributed by atoms with Crippen molar-refractivity contribution in [2.45, 2.75) is 20.3 Å². The van der Waals surface area contributed by atoms with Gasteiger partial charge in [0.15, 0.2) is 0 Å². The third kappa shape index (κ3) is 4.22. The third-order valence-corrected chi connectivity index (χ3v) is 4.64. The maximum Gasteiger partial charge on any atom is 0.246 e. The molecule has 0 aliphatic heterocycles. The second-order valence-electron chi connectivity index (χ2n) is 5.69. The molecule has 0 radical (unpaired) electrons. The molecule has 1 amide bonds. The number of benzene rings is 2. The minimum atomic E-state index is -0.171. The van der Waals surface area contributed by atoms with Crippen LogP contribution in [0.15, 0.2) is 46.9 Å². The zero-order valence-electron chi connectivity index (χ0n) is 14.4. The minimum Gasteiger partial charge on any atom is -0.497 e. The second kappa shape index (κ2) is 7.44. The standard InChI is InChI=1S/C19H19N3O2S/c1-12(21-22-19(23)10-17-11-25-13(2)20-17)14-4-5-16-9-18(24-3)7-6-15(16)8-14/h4-9,11H,10H2,1-3H3,(H,22,23). The van der Waals surface area contributed by atoms with Crippen LogP contribution in [-0.4, -0.2) is 23.7 Å². The van der Waals surface area contributed by atoms with Gasteiger partial charge in [0.2, 0.25) is 5.91 Å². The van der Waals surface area contributed by atoms with Gasteiger partial charge in [-0.25, -0.2) is 10.4 Å². The van der Waals surface area contributed by atoms with Crippen molar-refractivity contribution in [3.8, 4) is 5.75 Å². The number of methoxy groups -OCH3 is 1. The van der Waals surface area contributed by atoms with Crippen molar-refractivity contribution in [3.63, 3.8) is 0 Å². The average molecular weight is 353 g/mol. The van der Waals surface area contributed by atoms with E-state index in [2.05, 4.69) is 15.5 Å². The molecule has 0 fully saturated rings. The lowest BCUT2D eigenvalue weighted by molar-refractivity contribution is -0.120. The predicted molar refractivity (Wildman–Crippen MR) is 101 cm³/mol. The molecule has 5 nitrogen and oxygen atoms in total. The lowest BCUT2D eigenvalue weighted by Crippen LogP contribution is -2.21. The Bertz CT molecular complexity index is 947. The van der Waals surface area contributed by atoms with Crippen LogP contribution in [0.1, 0.15) is 23.2 Å². The maximum absolute atomic E-state index is 12.0. The number of nitrogens with zero attached hydrogens (tertiary/aromatic N) is 2. The normalized spacial score (nSPS) is 11.6. The zero-order chi connectivity index (χ0) is 17.8. The number of ether oxygens (including phenoxy) is 1. The molecule has 0 aliphatic rings. The predicted octanol–water partition coefficient (Wildman–Crippen LogP) is 3.70. The quantitative estimate of drug-likeness (QED) is 0.562. The van der Waals surface area contributed by atoms with Gasteiger partial charge in [-0.05, 0) is 48.4 Å². The van der Waals surface area contributed by atoms with Gasteiger partial charge in [-0.1, -0.05) is 18.2 Å². The summed E-state index contributed by atoms with van der Waals surface area (Å²) < 4.78 is 5.24. The van der Waals surface area contributed by atoms with Gasteiger partial charge in [0, 0.05) is 5.38 Å². The van der Waals surface area contributed by atoms with Crippen LogP contribution in [0.3, 0.4) is 0 Å². The number of carbonyl (C=O) groups excluding carboxylic acids is 1. The molecular formula is C19H19N3O2S. The molecule has 2 aromatic carbocycles. The number of fused-ring (bicyclic) bond motifs is 1.